The van der Waals surface area contributed by atoms with Gasteiger partial charge in [-0.2, -0.15) is 5.26 Å². The molecule has 1 aliphatic rings. The second kappa shape index (κ2) is 5.85. The van der Waals surface area contributed by atoms with E-state index in [2.05, 4.69) is 6.07 Å². The van der Waals surface area contributed by atoms with Gasteiger partial charge in [-0.05, 0) is 31.9 Å². The fourth-order valence-electron chi connectivity index (χ4n) is 2.65. The van der Waals surface area contributed by atoms with Crippen molar-refractivity contribution >= 4 is 5.97 Å². The molecule has 1 aliphatic heterocycles. The number of carboxylic acids is 1. The molecule has 19 heavy (non-hydrogen) atoms. The zero-order valence-corrected chi connectivity index (χ0v) is 11.0. The standard InChI is InChI=1S/C15H18N2O2/c1-11-4-2-5-12(8-11)14(9-16)17-7-3-6-13(10-17)15(18)19/h2,4-5,8,13-14H,3,6-7,10H2,1H3,(H,18,19). The number of benzene rings is 1. The summed E-state index contributed by atoms with van der Waals surface area (Å²) in [6, 6.07) is 9.83. The average Bonchev–Trinajstić information content (AvgIpc) is 2.40. The van der Waals surface area contributed by atoms with Crippen molar-refractivity contribution in [2.24, 2.45) is 5.92 Å². The number of carboxylic acid groups (broad SMARTS) is 1. The molecule has 1 heterocycles. The number of likely N-dealkylation sites (tertiary alicyclic amines) is 1. The SMILES string of the molecule is Cc1cccc(C(C#N)N2CCCC(C(=O)O)C2)c1. The van der Waals surface area contributed by atoms with E-state index in [1.165, 1.54) is 0 Å². The average molecular weight is 258 g/mol. The molecule has 0 spiro atoms. The maximum absolute atomic E-state index is 11.1. The van der Waals surface area contributed by atoms with E-state index >= 15 is 0 Å². The van der Waals surface area contributed by atoms with E-state index in [9.17, 15) is 10.1 Å². The molecule has 1 aromatic carbocycles. The molecule has 4 heteroatoms. The second-order valence-electron chi connectivity index (χ2n) is 5.12. The molecule has 100 valence electrons. The lowest BCUT2D eigenvalue weighted by Crippen LogP contribution is -2.40. The molecule has 2 rings (SSSR count). The molecule has 0 aliphatic carbocycles. The van der Waals surface area contributed by atoms with Crippen molar-refractivity contribution < 1.29 is 9.90 Å². The van der Waals surface area contributed by atoms with Crippen molar-refractivity contribution in [2.75, 3.05) is 13.1 Å². The summed E-state index contributed by atoms with van der Waals surface area (Å²) in [5.41, 5.74) is 2.07. The molecule has 1 fully saturated rings. The fraction of sp³-hybridized carbons (Fsp3) is 0.467. The summed E-state index contributed by atoms with van der Waals surface area (Å²) in [5.74, 6) is -1.11. The van der Waals surface area contributed by atoms with Crippen LogP contribution in [0, 0.1) is 24.2 Å². The Kier molecular flexibility index (Phi) is 4.18. The lowest BCUT2D eigenvalue weighted by Gasteiger charge is -2.34. The number of aliphatic carboxylic acids is 1. The van der Waals surface area contributed by atoms with Crippen LogP contribution in [0.5, 0.6) is 0 Å². The molecule has 2 atom stereocenters. The third-order valence-electron chi connectivity index (χ3n) is 3.65. The molecular weight excluding hydrogens is 240 g/mol. The van der Waals surface area contributed by atoms with Crippen LogP contribution in [0.4, 0.5) is 0 Å². The van der Waals surface area contributed by atoms with Gasteiger partial charge >= 0.3 is 5.97 Å². The highest BCUT2D eigenvalue weighted by atomic mass is 16.4. The van der Waals surface area contributed by atoms with Crippen molar-refractivity contribution in [3.05, 3.63) is 35.4 Å². The molecule has 0 aromatic heterocycles. The normalized spacial score (nSPS) is 21.6. The van der Waals surface area contributed by atoms with Crippen molar-refractivity contribution in [1.29, 1.82) is 5.26 Å². The van der Waals surface area contributed by atoms with Crippen LogP contribution >= 0.6 is 0 Å². The summed E-state index contributed by atoms with van der Waals surface area (Å²) < 4.78 is 0. The number of rotatable bonds is 3. The maximum Gasteiger partial charge on any atom is 0.307 e. The summed E-state index contributed by atoms with van der Waals surface area (Å²) in [5, 5.41) is 18.5. The van der Waals surface area contributed by atoms with E-state index < -0.39 is 5.97 Å². The van der Waals surface area contributed by atoms with E-state index in [4.69, 9.17) is 5.11 Å². The van der Waals surface area contributed by atoms with Gasteiger partial charge in [-0.1, -0.05) is 29.8 Å². The number of hydrogen-bond donors (Lipinski definition) is 1. The minimum atomic E-state index is -0.759. The van der Waals surface area contributed by atoms with E-state index in [0.29, 0.717) is 13.0 Å². The van der Waals surface area contributed by atoms with E-state index in [1.807, 2.05) is 36.1 Å². The van der Waals surface area contributed by atoms with Crippen molar-refractivity contribution in [3.8, 4) is 6.07 Å². The number of nitrogens with zero attached hydrogens (tertiary/aromatic N) is 2. The summed E-state index contributed by atoms with van der Waals surface area (Å²) in [6.07, 6.45) is 1.54. The zero-order chi connectivity index (χ0) is 13.8. The molecule has 2 unspecified atom stereocenters. The molecule has 0 bridgehead atoms. The van der Waals surface area contributed by atoms with Crippen LogP contribution in [-0.2, 0) is 4.79 Å². The van der Waals surface area contributed by atoms with Crippen LogP contribution in [0.25, 0.3) is 0 Å². The topological polar surface area (TPSA) is 64.3 Å². The van der Waals surface area contributed by atoms with Crippen LogP contribution in [0.2, 0.25) is 0 Å². The van der Waals surface area contributed by atoms with E-state index in [-0.39, 0.29) is 12.0 Å². The molecule has 4 nitrogen and oxygen atoms in total. The first kappa shape index (κ1) is 13.6. The summed E-state index contributed by atoms with van der Waals surface area (Å²) in [4.78, 5) is 13.1. The highest BCUT2D eigenvalue weighted by Crippen LogP contribution is 2.27. The first-order valence-corrected chi connectivity index (χ1v) is 6.55. The maximum atomic E-state index is 11.1. The minimum absolute atomic E-state index is 0.345. The van der Waals surface area contributed by atoms with Crippen LogP contribution in [-0.4, -0.2) is 29.1 Å². The van der Waals surface area contributed by atoms with Gasteiger partial charge in [-0.3, -0.25) is 9.69 Å². The van der Waals surface area contributed by atoms with Gasteiger partial charge in [0.15, 0.2) is 0 Å². The zero-order valence-electron chi connectivity index (χ0n) is 11.0. The number of nitriles is 1. The lowest BCUT2D eigenvalue weighted by atomic mass is 9.95. The Hall–Kier alpha value is -1.86. The number of hydrogen-bond acceptors (Lipinski definition) is 3. The Morgan fingerprint density at radius 3 is 3.00 bits per heavy atom. The quantitative estimate of drug-likeness (QED) is 0.904. The van der Waals surface area contributed by atoms with Crippen molar-refractivity contribution in [2.45, 2.75) is 25.8 Å². The van der Waals surface area contributed by atoms with E-state index in [1.54, 1.807) is 0 Å². The van der Waals surface area contributed by atoms with Crippen LogP contribution in [0.1, 0.15) is 30.0 Å². The van der Waals surface area contributed by atoms with Crippen LogP contribution in [0.3, 0.4) is 0 Å². The summed E-state index contributed by atoms with van der Waals surface area (Å²) in [6.45, 7) is 3.24. The highest BCUT2D eigenvalue weighted by molar-refractivity contribution is 5.70. The van der Waals surface area contributed by atoms with Crippen LogP contribution in [0.15, 0.2) is 24.3 Å². The van der Waals surface area contributed by atoms with Crippen molar-refractivity contribution in [1.82, 2.24) is 4.90 Å². The predicted molar refractivity (Wildman–Crippen MR) is 71.5 cm³/mol. The van der Waals surface area contributed by atoms with Gasteiger partial charge in [-0.25, -0.2) is 0 Å². The van der Waals surface area contributed by atoms with Gasteiger partial charge in [0.25, 0.3) is 0 Å². The highest BCUT2D eigenvalue weighted by Gasteiger charge is 2.30. The second-order valence-corrected chi connectivity index (χ2v) is 5.12. The van der Waals surface area contributed by atoms with Gasteiger partial charge in [0.2, 0.25) is 0 Å². The molecule has 0 amide bonds. The van der Waals surface area contributed by atoms with Crippen molar-refractivity contribution in [3.63, 3.8) is 0 Å². The first-order chi connectivity index (χ1) is 9.11. The third kappa shape index (κ3) is 3.12. The van der Waals surface area contributed by atoms with Gasteiger partial charge in [0.05, 0.1) is 12.0 Å². The lowest BCUT2D eigenvalue weighted by molar-refractivity contribution is -0.143. The minimum Gasteiger partial charge on any atom is -0.481 e. The number of aryl methyl sites for hydroxylation is 1. The monoisotopic (exact) mass is 258 g/mol. The molecular formula is C15H18N2O2. The van der Waals surface area contributed by atoms with Gasteiger partial charge in [0, 0.05) is 6.54 Å². The Morgan fingerprint density at radius 2 is 2.37 bits per heavy atom. The van der Waals surface area contributed by atoms with Crippen LogP contribution < -0.4 is 0 Å². The van der Waals surface area contributed by atoms with Gasteiger partial charge < -0.3 is 5.11 Å². The predicted octanol–water partition coefficient (Wildman–Crippen LogP) is 2.36. The summed E-state index contributed by atoms with van der Waals surface area (Å²) >= 11 is 0. The first-order valence-electron chi connectivity index (χ1n) is 6.55. The fourth-order valence-corrected chi connectivity index (χ4v) is 2.65. The molecule has 1 saturated heterocycles. The number of piperidine rings is 1. The Labute approximate surface area is 113 Å². The molecule has 1 aromatic rings. The number of carbonyl (C=O) groups is 1. The Morgan fingerprint density at radius 1 is 1.58 bits per heavy atom. The molecule has 0 saturated carbocycles. The summed E-state index contributed by atoms with van der Waals surface area (Å²) in [7, 11) is 0. The largest absolute Gasteiger partial charge is 0.481 e. The third-order valence-corrected chi connectivity index (χ3v) is 3.65. The molecule has 1 N–H and O–H groups in total. The Bertz CT molecular complexity index is 507. The van der Waals surface area contributed by atoms with Gasteiger partial charge in [0.1, 0.15) is 6.04 Å². The molecule has 0 radical (unpaired) electrons. The van der Waals surface area contributed by atoms with Gasteiger partial charge in [-0.15, -0.1) is 0 Å². The Balaban J connectivity index is 2.18. The smallest absolute Gasteiger partial charge is 0.307 e. The van der Waals surface area contributed by atoms with E-state index in [0.717, 1.165) is 24.1 Å².